The van der Waals surface area contributed by atoms with Gasteiger partial charge >= 0.3 is 0 Å². The van der Waals surface area contributed by atoms with Crippen molar-refractivity contribution in [3.8, 4) is 0 Å². The molecule has 3 atom stereocenters. The minimum Gasteiger partial charge on any atom is -0.360 e. The minimum absolute atomic E-state index is 0.429. The lowest BCUT2D eigenvalue weighted by Crippen LogP contribution is -2.39. The van der Waals surface area contributed by atoms with Crippen LogP contribution in [-0.2, 0) is 6.42 Å². The highest BCUT2D eigenvalue weighted by atomic mass is 32.2. The van der Waals surface area contributed by atoms with Crippen LogP contribution in [0.3, 0.4) is 0 Å². The van der Waals surface area contributed by atoms with Gasteiger partial charge in [-0.2, -0.15) is 0 Å². The molecule has 3 heterocycles. The van der Waals surface area contributed by atoms with E-state index < -0.39 is 0 Å². The Hall–Kier alpha value is -1.40. The molecule has 0 aromatic heterocycles. The summed E-state index contributed by atoms with van der Waals surface area (Å²) < 4.78 is 0. The quantitative estimate of drug-likeness (QED) is 0.856. The zero-order valence-electron chi connectivity index (χ0n) is 14.8. The number of hydrogen-bond acceptors (Lipinski definition) is 6. The van der Waals surface area contributed by atoms with Gasteiger partial charge in [0.25, 0.3) is 0 Å². The van der Waals surface area contributed by atoms with E-state index in [1.807, 2.05) is 23.5 Å². The molecule has 6 heteroatoms. The fourth-order valence-electron chi connectivity index (χ4n) is 4.30. The fourth-order valence-corrected chi connectivity index (χ4v) is 6.33. The van der Waals surface area contributed by atoms with E-state index in [0.29, 0.717) is 18.1 Å². The summed E-state index contributed by atoms with van der Waals surface area (Å²) >= 11 is 3.66. The highest BCUT2D eigenvalue weighted by molar-refractivity contribution is 8.17. The molecule has 136 valence electrons. The molecule has 0 radical (unpaired) electrons. The number of nitrogens with zero attached hydrogens (tertiary/aromatic N) is 3. The molecule has 3 aliphatic heterocycles. The van der Waals surface area contributed by atoms with Gasteiger partial charge in [0, 0.05) is 11.4 Å². The second-order valence-corrected chi connectivity index (χ2v) is 9.19. The first-order valence-corrected chi connectivity index (χ1v) is 11.4. The molecule has 4 aliphatic rings. The zero-order valence-corrected chi connectivity index (χ0v) is 16.4. The molecule has 1 aromatic carbocycles. The number of rotatable bonds is 4. The maximum Gasteiger partial charge on any atom is 0.168 e. The smallest absolute Gasteiger partial charge is 0.168 e. The largest absolute Gasteiger partial charge is 0.360 e. The van der Waals surface area contributed by atoms with Gasteiger partial charge in [0.1, 0.15) is 0 Å². The Morgan fingerprint density at radius 2 is 2.08 bits per heavy atom. The normalized spacial score (nSPS) is 29.6. The van der Waals surface area contributed by atoms with E-state index in [4.69, 9.17) is 9.98 Å². The number of aliphatic imine (C=N–C) groups is 2. The first-order chi connectivity index (χ1) is 12.9. The van der Waals surface area contributed by atoms with E-state index in [-0.39, 0.29) is 0 Å². The standard InChI is InChI=1S/C20H24N4S2/c1-2-6-14(7-3-1)10-15-11-21-19(22-15)25-12-16-13-26-20-23-17-8-4-5-9-18(17)24(16)20/h1-3,6-7,13,15,17-18H,4-5,8-12H2,(H,21,22). The molecule has 0 saturated heterocycles. The van der Waals surface area contributed by atoms with E-state index >= 15 is 0 Å². The first kappa shape index (κ1) is 16.8. The molecule has 3 unspecified atom stereocenters. The predicted octanol–water partition coefficient (Wildman–Crippen LogP) is 3.86. The average molecular weight is 385 g/mol. The van der Waals surface area contributed by atoms with Gasteiger partial charge in [-0.15, -0.1) is 0 Å². The van der Waals surface area contributed by atoms with Gasteiger partial charge in [0.15, 0.2) is 10.3 Å². The molecule has 26 heavy (non-hydrogen) atoms. The summed E-state index contributed by atoms with van der Waals surface area (Å²) in [4.78, 5) is 12.2. The molecule has 1 aliphatic carbocycles. The van der Waals surface area contributed by atoms with Crippen molar-refractivity contribution >= 4 is 33.9 Å². The number of fused-ring (bicyclic) bond motifs is 3. The topological polar surface area (TPSA) is 40.0 Å². The van der Waals surface area contributed by atoms with Gasteiger partial charge in [0.05, 0.1) is 24.7 Å². The third kappa shape index (κ3) is 3.29. The average Bonchev–Trinajstić information content (AvgIpc) is 3.36. The summed E-state index contributed by atoms with van der Waals surface area (Å²) in [6.07, 6.45) is 6.29. The summed E-state index contributed by atoms with van der Waals surface area (Å²) in [6.45, 7) is 0.881. The number of amidine groups is 2. The molecular weight excluding hydrogens is 360 g/mol. The zero-order chi connectivity index (χ0) is 17.3. The second-order valence-electron chi connectivity index (χ2n) is 7.39. The van der Waals surface area contributed by atoms with E-state index in [2.05, 4.69) is 46.0 Å². The van der Waals surface area contributed by atoms with Gasteiger partial charge in [-0.1, -0.05) is 66.7 Å². The lowest BCUT2D eigenvalue weighted by molar-refractivity contribution is 0.285. The minimum atomic E-state index is 0.429. The Morgan fingerprint density at radius 3 is 3.00 bits per heavy atom. The lowest BCUT2D eigenvalue weighted by Gasteiger charge is -2.31. The van der Waals surface area contributed by atoms with Crippen LogP contribution in [0.25, 0.3) is 0 Å². The van der Waals surface area contributed by atoms with E-state index in [1.54, 1.807) is 0 Å². The fraction of sp³-hybridized carbons (Fsp3) is 0.500. The Labute approximate surface area is 163 Å². The summed E-state index contributed by atoms with van der Waals surface area (Å²) in [5.41, 5.74) is 2.80. The molecule has 0 bridgehead atoms. The predicted molar refractivity (Wildman–Crippen MR) is 113 cm³/mol. The lowest BCUT2D eigenvalue weighted by atomic mass is 9.91. The molecule has 1 aromatic rings. The molecule has 0 spiro atoms. The van der Waals surface area contributed by atoms with Gasteiger partial charge in [-0.25, -0.2) is 0 Å². The third-order valence-corrected chi connectivity index (χ3v) is 7.45. The van der Waals surface area contributed by atoms with Crippen molar-refractivity contribution in [3.63, 3.8) is 0 Å². The second kappa shape index (κ2) is 7.31. The molecule has 4 nitrogen and oxygen atoms in total. The van der Waals surface area contributed by atoms with Crippen molar-refractivity contribution in [2.75, 3.05) is 12.3 Å². The molecule has 1 fully saturated rings. The third-order valence-electron chi connectivity index (χ3n) is 5.58. The number of benzene rings is 1. The summed E-state index contributed by atoms with van der Waals surface area (Å²) in [6, 6.07) is 12.3. The maximum atomic E-state index is 4.96. The van der Waals surface area contributed by atoms with Gasteiger partial charge < -0.3 is 10.2 Å². The highest BCUT2D eigenvalue weighted by Gasteiger charge is 2.41. The Kier molecular flexibility index (Phi) is 4.71. The molecular formula is C20H24N4S2. The van der Waals surface area contributed by atoms with Crippen LogP contribution in [0.2, 0.25) is 0 Å². The number of nitrogens with one attached hydrogen (secondary N) is 1. The number of hydrogen-bond donors (Lipinski definition) is 1. The Morgan fingerprint density at radius 1 is 1.19 bits per heavy atom. The Balaban J connectivity index is 1.15. The molecule has 0 amide bonds. The van der Waals surface area contributed by atoms with E-state index in [1.165, 1.54) is 42.1 Å². The Bertz CT molecular complexity index is 758. The summed E-state index contributed by atoms with van der Waals surface area (Å²) in [5, 5.41) is 8.24. The van der Waals surface area contributed by atoms with Gasteiger partial charge in [0.2, 0.25) is 0 Å². The molecule has 1 saturated carbocycles. The van der Waals surface area contributed by atoms with Crippen molar-refractivity contribution in [1.82, 2.24) is 10.2 Å². The van der Waals surface area contributed by atoms with Crippen LogP contribution >= 0.6 is 23.5 Å². The van der Waals surface area contributed by atoms with Crippen LogP contribution in [0, 0.1) is 0 Å². The van der Waals surface area contributed by atoms with Crippen LogP contribution in [0.5, 0.6) is 0 Å². The van der Waals surface area contributed by atoms with Gasteiger partial charge in [-0.3, -0.25) is 9.98 Å². The van der Waals surface area contributed by atoms with Crippen LogP contribution < -0.4 is 5.32 Å². The summed E-state index contributed by atoms with van der Waals surface area (Å²) in [5.74, 6) is 0.985. The van der Waals surface area contributed by atoms with Crippen LogP contribution in [0.1, 0.15) is 31.2 Å². The van der Waals surface area contributed by atoms with Crippen LogP contribution in [0.15, 0.2) is 51.4 Å². The first-order valence-electron chi connectivity index (χ1n) is 9.57. The van der Waals surface area contributed by atoms with Crippen LogP contribution in [-0.4, -0.2) is 45.7 Å². The van der Waals surface area contributed by atoms with Crippen molar-refractivity contribution in [1.29, 1.82) is 0 Å². The highest BCUT2D eigenvalue weighted by Crippen LogP contribution is 2.41. The molecule has 5 rings (SSSR count). The van der Waals surface area contributed by atoms with Crippen molar-refractivity contribution in [2.45, 2.75) is 50.2 Å². The van der Waals surface area contributed by atoms with Crippen LogP contribution in [0.4, 0.5) is 0 Å². The van der Waals surface area contributed by atoms with Crippen molar-refractivity contribution < 1.29 is 0 Å². The van der Waals surface area contributed by atoms with E-state index in [9.17, 15) is 0 Å². The summed E-state index contributed by atoms with van der Waals surface area (Å²) in [7, 11) is 0. The number of thioether (sulfide) groups is 2. The van der Waals surface area contributed by atoms with Crippen molar-refractivity contribution in [3.05, 3.63) is 47.0 Å². The molecule has 1 N–H and O–H groups in total. The maximum absolute atomic E-state index is 4.96. The van der Waals surface area contributed by atoms with Crippen molar-refractivity contribution in [2.24, 2.45) is 9.98 Å². The van der Waals surface area contributed by atoms with E-state index in [0.717, 1.165) is 23.9 Å². The monoisotopic (exact) mass is 384 g/mol. The van der Waals surface area contributed by atoms with Gasteiger partial charge in [-0.05, 0) is 30.2 Å². The SMILES string of the molecule is C1=C(CSC2=NCC(Cc3ccccc3)N2)N2C(=NC3CCCCC32)S1.